The second-order valence-corrected chi connectivity index (χ2v) is 9.18. The lowest BCUT2D eigenvalue weighted by Crippen LogP contribution is -2.27. The predicted octanol–water partition coefficient (Wildman–Crippen LogP) is 6.06. The molecule has 0 unspecified atom stereocenters. The van der Waals surface area contributed by atoms with Gasteiger partial charge in [0.15, 0.2) is 0 Å². The Hall–Kier alpha value is -2.70. The number of pyridine rings is 1. The molecule has 2 aromatic heterocycles. The minimum Gasteiger partial charge on any atom is -0.465 e. The van der Waals surface area contributed by atoms with E-state index in [1.807, 2.05) is 31.2 Å². The van der Waals surface area contributed by atoms with E-state index in [2.05, 4.69) is 50.8 Å². The van der Waals surface area contributed by atoms with E-state index in [9.17, 15) is 4.79 Å². The van der Waals surface area contributed by atoms with E-state index in [-0.39, 0.29) is 12.0 Å². The molecule has 3 heterocycles. The largest absolute Gasteiger partial charge is 0.465 e. The zero-order valence-electron chi connectivity index (χ0n) is 18.2. The first-order valence-electron chi connectivity index (χ1n) is 10.9. The van der Waals surface area contributed by atoms with Crippen LogP contribution in [-0.4, -0.2) is 35.8 Å². The van der Waals surface area contributed by atoms with Gasteiger partial charge in [-0.15, -0.1) is 0 Å². The van der Waals surface area contributed by atoms with E-state index in [1.165, 1.54) is 12.7 Å². The van der Waals surface area contributed by atoms with Crippen LogP contribution in [0.5, 0.6) is 0 Å². The summed E-state index contributed by atoms with van der Waals surface area (Å²) in [5, 5.41) is 1.04. The Morgan fingerprint density at radius 2 is 1.88 bits per heavy atom. The average molecular weight is 493 g/mol. The molecule has 6 heteroatoms. The number of carbonyl (C=O) groups is 1. The summed E-state index contributed by atoms with van der Waals surface area (Å²) in [6.07, 6.45) is 1.97. The molecule has 0 spiro atoms. The Morgan fingerprint density at radius 1 is 1.12 bits per heavy atom. The number of esters is 1. The van der Waals surface area contributed by atoms with Gasteiger partial charge in [-0.1, -0.05) is 30.3 Å². The Morgan fingerprint density at radius 3 is 2.59 bits per heavy atom. The second-order valence-electron chi connectivity index (χ2n) is 8.32. The first-order chi connectivity index (χ1) is 15.6. The monoisotopic (exact) mass is 492 g/mol. The van der Waals surface area contributed by atoms with Crippen LogP contribution in [0.15, 0.2) is 59.1 Å². The van der Waals surface area contributed by atoms with Crippen LogP contribution >= 0.6 is 15.9 Å². The van der Waals surface area contributed by atoms with Gasteiger partial charge in [-0.25, -0.2) is 9.78 Å². The molecule has 0 aliphatic carbocycles. The highest BCUT2D eigenvalue weighted by Crippen LogP contribution is 2.41. The van der Waals surface area contributed by atoms with Crippen LogP contribution < -0.4 is 0 Å². The lowest BCUT2D eigenvalue weighted by atomic mass is 9.86. The Labute approximate surface area is 195 Å². The molecule has 164 valence electrons. The van der Waals surface area contributed by atoms with Crippen molar-refractivity contribution < 1.29 is 14.3 Å². The smallest absolute Gasteiger partial charge is 0.337 e. The van der Waals surface area contributed by atoms with Crippen LogP contribution in [0.3, 0.4) is 0 Å². The number of hydrogen-bond donors (Lipinski definition) is 0. The number of rotatable bonds is 4. The lowest BCUT2D eigenvalue weighted by molar-refractivity contribution is 0.0553. The molecule has 1 fully saturated rings. The van der Waals surface area contributed by atoms with E-state index in [0.29, 0.717) is 11.5 Å². The fraction of sp³-hybridized carbons (Fsp3) is 0.308. The standard InChI is InChI=1S/C26H25BrN2O3/c1-16-21(27)15-23-24(28-16)20-9-8-19(26(30)31-2)14-22(20)29(23)25(17-6-4-3-5-7-17)18-10-12-32-13-11-18/h3-9,14-15,18,25H,10-13H2,1-2H3/t25-/m1/s1. The van der Waals surface area contributed by atoms with Crippen LogP contribution in [0.1, 0.15) is 40.5 Å². The third kappa shape index (κ3) is 3.61. The zero-order chi connectivity index (χ0) is 22.2. The van der Waals surface area contributed by atoms with Crippen molar-refractivity contribution in [1.82, 2.24) is 9.55 Å². The summed E-state index contributed by atoms with van der Waals surface area (Å²) in [5.74, 6) is 0.0724. The summed E-state index contributed by atoms with van der Waals surface area (Å²) in [5.41, 5.74) is 5.73. The number of nitrogens with zero attached hydrogens (tertiary/aromatic N) is 2. The number of halogens is 1. The topological polar surface area (TPSA) is 53.3 Å². The molecule has 0 saturated carbocycles. The predicted molar refractivity (Wildman–Crippen MR) is 129 cm³/mol. The highest BCUT2D eigenvalue weighted by molar-refractivity contribution is 9.10. The molecule has 5 nitrogen and oxygen atoms in total. The van der Waals surface area contributed by atoms with Gasteiger partial charge in [0, 0.05) is 23.1 Å². The van der Waals surface area contributed by atoms with E-state index in [4.69, 9.17) is 14.5 Å². The molecule has 2 aromatic carbocycles. The summed E-state index contributed by atoms with van der Waals surface area (Å²) < 4.78 is 14.0. The van der Waals surface area contributed by atoms with Crippen LogP contribution in [0.2, 0.25) is 0 Å². The minimum absolute atomic E-state index is 0.101. The van der Waals surface area contributed by atoms with Gasteiger partial charge in [-0.2, -0.15) is 0 Å². The number of aromatic nitrogens is 2. The Balaban J connectivity index is 1.85. The van der Waals surface area contributed by atoms with Gasteiger partial charge in [0.2, 0.25) is 0 Å². The van der Waals surface area contributed by atoms with Crippen molar-refractivity contribution in [2.24, 2.45) is 5.92 Å². The van der Waals surface area contributed by atoms with Crippen molar-refractivity contribution in [2.45, 2.75) is 25.8 Å². The van der Waals surface area contributed by atoms with Crippen molar-refractivity contribution in [1.29, 1.82) is 0 Å². The third-order valence-electron chi connectivity index (χ3n) is 6.46. The molecule has 1 aliphatic heterocycles. The van der Waals surface area contributed by atoms with Gasteiger partial charge in [-0.3, -0.25) is 0 Å². The van der Waals surface area contributed by atoms with Crippen molar-refractivity contribution >= 4 is 43.8 Å². The van der Waals surface area contributed by atoms with Gasteiger partial charge in [0.05, 0.1) is 41.0 Å². The summed E-state index contributed by atoms with van der Waals surface area (Å²) >= 11 is 3.69. The van der Waals surface area contributed by atoms with E-state index < -0.39 is 0 Å². The summed E-state index contributed by atoms with van der Waals surface area (Å²) in [6.45, 7) is 3.53. The lowest BCUT2D eigenvalue weighted by Gasteiger charge is -2.33. The van der Waals surface area contributed by atoms with Gasteiger partial charge < -0.3 is 14.0 Å². The van der Waals surface area contributed by atoms with Crippen LogP contribution in [0.4, 0.5) is 0 Å². The first kappa shape index (κ1) is 21.2. The maximum Gasteiger partial charge on any atom is 0.337 e. The van der Waals surface area contributed by atoms with E-state index in [0.717, 1.165) is 58.2 Å². The molecule has 4 aromatic rings. The SMILES string of the molecule is COC(=O)c1ccc2c3nc(C)c(Br)cc3n([C@H](c3ccccc3)C3CCOCC3)c2c1. The Bertz CT molecular complexity index is 1290. The molecular formula is C26H25BrN2O3. The molecule has 32 heavy (non-hydrogen) atoms. The summed E-state index contributed by atoms with van der Waals surface area (Å²) in [4.78, 5) is 17.3. The maximum absolute atomic E-state index is 12.4. The maximum atomic E-state index is 12.4. The second kappa shape index (κ2) is 8.68. The number of benzene rings is 2. The molecule has 1 aliphatic rings. The number of ether oxygens (including phenoxy) is 2. The van der Waals surface area contributed by atoms with Crippen molar-refractivity contribution in [3.63, 3.8) is 0 Å². The zero-order valence-corrected chi connectivity index (χ0v) is 19.8. The quantitative estimate of drug-likeness (QED) is 0.324. The highest BCUT2D eigenvalue weighted by atomic mass is 79.9. The van der Waals surface area contributed by atoms with Gasteiger partial charge in [0.25, 0.3) is 0 Å². The molecule has 0 amide bonds. The van der Waals surface area contributed by atoms with Crippen LogP contribution in [-0.2, 0) is 9.47 Å². The van der Waals surface area contributed by atoms with Crippen molar-refractivity contribution in [2.75, 3.05) is 20.3 Å². The van der Waals surface area contributed by atoms with Crippen molar-refractivity contribution in [3.05, 3.63) is 75.9 Å². The molecule has 1 atom stereocenters. The normalized spacial score (nSPS) is 15.8. The van der Waals surface area contributed by atoms with Crippen LogP contribution in [0, 0.1) is 12.8 Å². The first-order valence-corrected chi connectivity index (χ1v) is 11.7. The fourth-order valence-corrected chi connectivity index (χ4v) is 5.18. The third-order valence-corrected chi connectivity index (χ3v) is 7.26. The van der Waals surface area contributed by atoms with E-state index >= 15 is 0 Å². The van der Waals surface area contributed by atoms with Crippen molar-refractivity contribution in [3.8, 4) is 0 Å². The molecule has 0 radical (unpaired) electrons. The molecule has 5 rings (SSSR count). The minimum atomic E-state index is -0.337. The number of hydrogen-bond acceptors (Lipinski definition) is 4. The van der Waals surface area contributed by atoms with Gasteiger partial charge in [-0.05, 0) is 71.4 Å². The molecule has 0 bridgehead atoms. The molecule has 1 saturated heterocycles. The Kier molecular flexibility index (Phi) is 5.74. The summed E-state index contributed by atoms with van der Waals surface area (Å²) in [6, 6.07) is 18.6. The number of carbonyl (C=O) groups excluding carboxylic acids is 1. The molecule has 0 N–H and O–H groups in total. The number of methoxy groups -OCH3 is 1. The average Bonchev–Trinajstić information content (AvgIpc) is 3.13. The fourth-order valence-electron chi connectivity index (χ4n) is 4.87. The van der Waals surface area contributed by atoms with E-state index in [1.54, 1.807) is 0 Å². The van der Waals surface area contributed by atoms with Gasteiger partial charge >= 0.3 is 5.97 Å². The number of fused-ring (bicyclic) bond motifs is 3. The number of aryl methyl sites for hydroxylation is 1. The summed E-state index contributed by atoms with van der Waals surface area (Å²) in [7, 11) is 1.42. The van der Waals surface area contributed by atoms with Crippen LogP contribution in [0.25, 0.3) is 21.9 Å². The molecular weight excluding hydrogens is 468 g/mol. The van der Waals surface area contributed by atoms with Gasteiger partial charge in [0.1, 0.15) is 0 Å². The highest BCUT2D eigenvalue weighted by Gasteiger charge is 2.30.